The Bertz CT molecular complexity index is 206. The number of piperidine rings is 1. The van der Waals surface area contributed by atoms with Crippen molar-refractivity contribution in [1.82, 2.24) is 4.90 Å². The van der Waals surface area contributed by atoms with Gasteiger partial charge < -0.3 is 5.11 Å². The molecule has 0 radical (unpaired) electrons. The van der Waals surface area contributed by atoms with Gasteiger partial charge in [-0.3, -0.25) is 9.69 Å². The number of carboxylic acid groups (broad SMARTS) is 1. The molecule has 0 aromatic carbocycles. The van der Waals surface area contributed by atoms with E-state index in [1.807, 2.05) is 0 Å². The van der Waals surface area contributed by atoms with Gasteiger partial charge in [-0.25, -0.2) is 0 Å². The molecule has 2 atom stereocenters. The first-order chi connectivity index (χ1) is 7.15. The zero-order chi connectivity index (χ0) is 11.3. The Balaban J connectivity index is 2.37. The van der Waals surface area contributed by atoms with Crippen LogP contribution in [0.2, 0.25) is 0 Å². The first kappa shape index (κ1) is 12.5. The van der Waals surface area contributed by atoms with E-state index in [1.54, 1.807) is 0 Å². The fourth-order valence-electron chi connectivity index (χ4n) is 2.29. The van der Waals surface area contributed by atoms with Gasteiger partial charge in [0.1, 0.15) is 0 Å². The van der Waals surface area contributed by atoms with Crippen molar-refractivity contribution in [3.8, 4) is 0 Å². The highest BCUT2D eigenvalue weighted by Gasteiger charge is 2.27. The zero-order valence-corrected chi connectivity index (χ0v) is 9.91. The minimum Gasteiger partial charge on any atom is -0.481 e. The molecule has 0 aromatic rings. The topological polar surface area (TPSA) is 40.5 Å². The molecular formula is C12H23NO2. The fourth-order valence-corrected chi connectivity index (χ4v) is 2.29. The third-order valence-electron chi connectivity index (χ3n) is 3.40. The smallest absolute Gasteiger partial charge is 0.307 e. The largest absolute Gasteiger partial charge is 0.481 e. The molecule has 0 aliphatic carbocycles. The van der Waals surface area contributed by atoms with E-state index >= 15 is 0 Å². The maximum atomic E-state index is 10.9. The van der Waals surface area contributed by atoms with Crippen molar-refractivity contribution in [2.24, 2.45) is 5.92 Å². The van der Waals surface area contributed by atoms with E-state index in [4.69, 9.17) is 5.11 Å². The maximum absolute atomic E-state index is 10.9. The number of likely N-dealkylation sites (tertiary alicyclic amines) is 1. The van der Waals surface area contributed by atoms with Crippen molar-refractivity contribution in [2.75, 3.05) is 13.1 Å². The van der Waals surface area contributed by atoms with Crippen LogP contribution in [0.1, 0.15) is 46.0 Å². The first-order valence-electron chi connectivity index (χ1n) is 6.12. The average Bonchev–Trinajstić information content (AvgIpc) is 2.26. The summed E-state index contributed by atoms with van der Waals surface area (Å²) in [7, 11) is 0. The van der Waals surface area contributed by atoms with Crippen molar-refractivity contribution < 1.29 is 9.90 Å². The van der Waals surface area contributed by atoms with E-state index in [9.17, 15) is 4.79 Å². The van der Waals surface area contributed by atoms with Crippen molar-refractivity contribution in [3.05, 3.63) is 0 Å². The van der Waals surface area contributed by atoms with Crippen LogP contribution in [0.15, 0.2) is 0 Å². The quantitative estimate of drug-likeness (QED) is 0.762. The monoisotopic (exact) mass is 213 g/mol. The number of nitrogens with zero attached hydrogens (tertiary/aromatic N) is 1. The van der Waals surface area contributed by atoms with Gasteiger partial charge in [-0.05, 0) is 32.7 Å². The lowest BCUT2D eigenvalue weighted by Gasteiger charge is -2.35. The third-order valence-corrected chi connectivity index (χ3v) is 3.40. The molecule has 1 aliphatic rings. The Kier molecular flexibility index (Phi) is 5.09. The van der Waals surface area contributed by atoms with Crippen molar-refractivity contribution >= 4 is 5.97 Å². The van der Waals surface area contributed by atoms with Gasteiger partial charge in [-0.2, -0.15) is 0 Å². The van der Waals surface area contributed by atoms with E-state index < -0.39 is 5.97 Å². The van der Waals surface area contributed by atoms with Crippen LogP contribution in [-0.2, 0) is 4.79 Å². The Hall–Kier alpha value is -0.570. The average molecular weight is 213 g/mol. The van der Waals surface area contributed by atoms with E-state index in [1.165, 1.54) is 19.3 Å². The Morgan fingerprint density at radius 1 is 1.60 bits per heavy atom. The molecule has 1 heterocycles. The van der Waals surface area contributed by atoms with Crippen LogP contribution in [0, 0.1) is 5.92 Å². The van der Waals surface area contributed by atoms with Gasteiger partial charge in [0.05, 0.1) is 5.92 Å². The van der Waals surface area contributed by atoms with Gasteiger partial charge in [0.2, 0.25) is 0 Å². The molecule has 0 bridgehead atoms. The summed E-state index contributed by atoms with van der Waals surface area (Å²) in [5.74, 6) is -0.759. The predicted molar refractivity (Wildman–Crippen MR) is 60.9 cm³/mol. The summed E-state index contributed by atoms with van der Waals surface area (Å²) < 4.78 is 0. The standard InChI is InChI=1S/C12H23NO2/c1-3-4-6-10(2)13-8-5-7-11(9-13)12(14)15/h10-11H,3-9H2,1-2H3,(H,14,15)/t10?,11-/m0/s1. The minimum atomic E-state index is -0.623. The van der Waals surface area contributed by atoms with Crippen LogP contribution in [-0.4, -0.2) is 35.1 Å². The number of hydrogen-bond donors (Lipinski definition) is 1. The van der Waals surface area contributed by atoms with E-state index in [0.717, 1.165) is 25.9 Å². The van der Waals surface area contributed by atoms with Crippen LogP contribution in [0.5, 0.6) is 0 Å². The highest BCUT2D eigenvalue weighted by atomic mass is 16.4. The summed E-state index contributed by atoms with van der Waals surface area (Å²) in [5.41, 5.74) is 0. The number of carboxylic acids is 1. The normalized spacial score (nSPS) is 25.1. The SMILES string of the molecule is CCCCC(C)N1CCC[C@H](C(=O)O)C1. The van der Waals surface area contributed by atoms with Gasteiger partial charge in [-0.1, -0.05) is 19.8 Å². The zero-order valence-electron chi connectivity index (χ0n) is 9.91. The molecule has 3 heteroatoms. The minimum absolute atomic E-state index is 0.136. The predicted octanol–water partition coefficient (Wildman–Crippen LogP) is 2.36. The summed E-state index contributed by atoms with van der Waals surface area (Å²) in [6.07, 6.45) is 5.55. The Morgan fingerprint density at radius 2 is 2.33 bits per heavy atom. The fraction of sp³-hybridized carbons (Fsp3) is 0.917. The first-order valence-corrected chi connectivity index (χ1v) is 6.12. The van der Waals surface area contributed by atoms with Crippen LogP contribution in [0.3, 0.4) is 0 Å². The highest BCUT2D eigenvalue weighted by Crippen LogP contribution is 2.20. The van der Waals surface area contributed by atoms with Gasteiger partial charge in [0.25, 0.3) is 0 Å². The van der Waals surface area contributed by atoms with Gasteiger partial charge in [0.15, 0.2) is 0 Å². The molecule has 0 saturated carbocycles. The molecule has 3 nitrogen and oxygen atoms in total. The molecule has 1 fully saturated rings. The molecule has 0 amide bonds. The van der Waals surface area contributed by atoms with Crippen LogP contribution >= 0.6 is 0 Å². The molecule has 0 aromatic heterocycles. The van der Waals surface area contributed by atoms with Gasteiger partial charge >= 0.3 is 5.97 Å². The molecule has 1 rings (SSSR count). The molecule has 15 heavy (non-hydrogen) atoms. The number of hydrogen-bond acceptors (Lipinski definition) is 2. The van der Waals surface area contributed by atoms with Gasteiger partial charge in [0, 0.05) is 12.6 Å². The summed E-state index contributed by atoms with van der Waals surface area (Å²) in [6.45, 7) is 6.25. The van der Waals surface area contributed by atoms with E-state index in [-0.39, 0.29) is 5.92 Å². The number of unbranched alkanes of at least 4 members (excludes halogenated alkanes) is 1. The van der Waals surface area contributed by atoms with E-state index in [0.29, 0.717) is 6.04 Å². The van der Waals surface area contributed by atoms with Crippen LogP contribution in [0.25, 0.3) is 0 Å². The molecular weight excluding hydrogens is 190 g/mol. The molecule has 88 valence electrons. The Morgan fingerprint density at radius 3 is 2.93 bits per heavy atom. The van der Waals surface area contributed by atoms with Gasteiger partial charge in [-0.15, -0.1) is 0 Å². The molecule has 0 spiro atoms. The second-order valence-electron chi connectivity index (χ2n) is 4.66. The lowest BCUT2D eigenvalue weighted by molar-refractivity contribution is -0.143. The summed E-state index contributed by atoms with van der Waals surface area (Å²) in [4.78, 5) is 13.3. The second kappa shape index (κ2) is 6.11. The lowest BCUT2D eigenvalue weighted by atomic mass is 9.96. The molecule has 1 saturated heterocycles. The molecule has 1 unspecified atom stereocenters. The van der Waals surface area contributed by atoms with Crippen molar-refractivity contribution in [2.45, 2.75) is 52.0 Å². The summed E-state index contributed by atoms with van der Waals surface area (Å²) in [6, 6.07) is 0.548. The second-order valence-corrected chi connectivity index (χ2v) is 4.66. The van der Waals surface area contributed by atoms with Crippen molar-refractivity contribution in [1.29, 1.82) is 0 Å². The number of rotatable bonds is 5. The third kappa shape index (κ3) is 3.82. The van der Waals surface area contributed by atoms with Crippen molar-refractivity contribution in [3.63, 3.8) is 0 Å². The van der Waals surface area contributed by atoms with E-state index in [2.05, 4.69) is 18.7 Å². The number of aliphatic carboxylic acids is 1. The van der Waals surface area contributed by atoms with Crippen LogP contribution < -0.4 is 0 Å². The van der Waals surface area contributed by atoms with Crippen LogP contribution in [0.4, 0.5) is 0 Å². The summed E-state index contributed by atoms with van der Waals surface area (Å²) >= 11 is 0. The number of carbonyl (C=O) groups is 1. The summed E-state index contributed by atoms with van der Waals surface area (Å²) in [5, 5.41) is 8.99. The molecule has 1 aliphatic heterocycles. The lowest BCUT2D eigenvalue weighted by Crippen LogP contribution is -2.43. The molecule has 1 N–H and O–H groups in total. The maximum Gasteiger partial charge on any atom is 0.307 e. The Labute approximate surface area is 92.5 Å². The highest BCUT2D eigenvalue weighted by molar-refractivity contribution is 5.70.